The largest absolute Gasteiger partial charge is 0.371 e. The number of benzene rings is 1. The molecule has 1 aliphatic rings. The predicted octanol–water partition coefficient (Wildman–Crippen LogP) is 3.16. The molecule has 160 valence electrons. The molecule has 0 spiro atoms. The van der Waals surface area contributed by atoms with Crippen LogP contribution in [0.25, 0.3) is 22.2 Å². The lowest BCUT2D eigenvalue weighted by Gasteiger charge is -2.18. The van der Waals surface area contributed by atoms with Gasteiger partial charge in [-0.15, -0.1) is 0 Å². The van der Waals surface area contributed by atoms with Crippen LogP contribution >= 0.6 is 0 Å². The van der Waals surface area contributed by atoms with Crippen molar-refractivity contribution in [2.45, 2.75) is 24.4 Å². The fraction of sp³-hybridized carbons (Fsp3) is 0.273. The highest BCUT2D eigenvalue weighted by Crippen LogP contribution is 2.39. The molecule has 9 heteroatoms. The van der Waals surface area contributed by atoms with Gasteiger partial charge in [0.1, 0.15) is 5.65 Å². The van der Waals surface area contributed by atoms with E-state index in [2.05, 4.69) is 51.9 Å². The highest BCUT2D eigenvalue weighted by molar-refractivity contribution is 7.92. The summed E-state index contributed by atoms with van der Waals surface area (Å²) in [6.07, 6.45) is 6.24. The van der Waals surface area contributed by atoms with E-state index in [1.807, 2.05) is 17.8 Å². The molecule has 3 aromatic heterocycles. The van der Waals surface area contributed by atoms with Crippen LogP contribution in [0.15, 0.2) is 53.9 Å². The zero-order valence-corrected chi connectivity index (χ0v) is 18.7. The molecule has 0 bridgehead atoms. The molecule has 4 aromatic rings. The molecule has 1 atom stereocenters. The molecule has 0 saturated carbocycles. The van der Waals surface area contributed by atoms with Gasteiger partial charge in [0.2, 0.25) is 0 Å². The maximum Gasteiger partial charge on any atom is 0.281 e. The minimum Gasteiger partial charge on any atom is -0.371 e. The average molecular weight is 437 g/mol. The second-order valence-corrected chi connectivity index (χ2v) is 9.78. The van der Waals surface area contributed by atoms with Crippen molar-refractivity contribution in [3.63, 3.8) is 0 Å². The standard InChI is InChI=1S/C22H24N6O2S/c1-14-11-16-6-5-15(12-19(16)28(14)4)17-13-26(2)22-21(17)18(7-9-23-22)25-31(29,30)20-8-10-27(3)24-20/h5-10,12-14H,11H2,1-4H3,(H,23,25)/t14-/m1/s1. The van der Waals surface area contributed by atoms with Crippen molar-refractivity contribution in [2.75, 3.05) is 16.7 Å². The summed E-state index contributed by atoms with van der Waals surface area (Å²) in [6, 6.07) is 10.1. The Bertz CT molecular complexity index is 1420. The molecule has 8 nitrogen and oxygen atoms in total. The van der Waals surface area contributed by atoms with Crippen molar-refractivity contribution in [1.82, 2.24) is 19.3 Å². The van der Waals surface area contributed by atoms with E-state index in [4.69, 9.17) is 0 Å². The maximum atomic E-state index is 12.9. The number of hydrogen-bond acceptors (Lipinski definition) is 5. The molecule has 1 aliphatic heterocycles. The van der Waals surface area contributed by atoms with Crippen molar-refractivity contribution in [2.24, 2.45) is 14.1 Å². The van der Waals surface area contributed by atoms with Gasteiger partial charge in [-0.1, -0.05) is 12.1 Å². The van der Waals surface area contributed by atoms with Gasteiger partial charge in [-0.3, -0.25) is 9.40 Å². The van der Waals surface area contributed by atoms with Gasteiger partial charge in [-0.25, -0.2) is 4.98 Å². The number of likely N-dealkylation sites (N-methyl/N-ethyl adjacent to an activating group) is 1. The second kappa shape index (κ2) is 6.84. The Balaban J connectivity index is 1.65. The van der Waals surface area contributed by atoms with Gasteiger partial charge in [0.15, 0.2) is 5.03 Å². The molecule has 0 radical (unpaired) electrons. The fourth-order valence-electron chi connectivity index (χ4n) is 4.27. The van der Waals surface area contributed by atoms with E-state index in [1.54, 1.807) is 25.5 Å². The lowest BCUT2D eigenvalue weighted by Crippen LogP contribution is -2.23. The third-order valence-electron chi connectivity index (χ3n) is 6.02. The number of nitrogens with zero attached hydrogens (tertiary/aromatic N) is 5. The zero-order valence-electron chi connectivity index (χ0n) is 17.9. The summed E-state index contributed by atoms with van der Waals surface area (Å²) >= 11 is 0. The lowest BCUT2D eigenvalue weighted by molar-refractivity contribution is 0.593. The van der Waals surface area contributed by atoms with Gasteiger partial charge in [0, 0.05) is 57.0 Å². The molecule has 0 saturated heterocycles. The summed E-state index contributed by atoms with van der Waals surface area (Å²) < 4.78 is 31.9. The smallest absolute Gasteiger partial charge is 0.281 e. The van der Waals surface area contributed by atoms with Gasteiger partial charge in [0.25, 0.3) is 10.0 Å². The van der Waals surface area contributed by atoms with Crippen LogP contribution in [-0.4, -0.2) is 40.8 Å². The Hall–Kier alpha value is -3.33. The Labute approximate surface area is 181 Å². The number of sulfonamides is 1. The summed E-state index contributed by atoms with van der Waals surface area (Å²) in [5.74, 6) is 0. The molecular weight excluding hydrogens is 412 g/mol. The first-order chi connectivity index (χ1) is 14.7. The van der Waals surface area contributed by atoms with Crippen LogP contribution in [0.2, 0.25) is 0 Å². The minimum atomic E-state index is -3.83. The van der Waals surface area contributed by atoms with Gasteiger partial charge in [-0.05, 0) is 42.7 Å². The van der Waals surface area contributed by atoms with Crippen LogP contribution in [0, 0.1) is 0 Å². The Morgan fingerprint density at radius 2 is 1.94 bits per heavy atom. The molecule has 5 rings (SSSR count). The van der Waals surface area contributed by atoms with Crippen LogP contribution in [0.4, 0.5) is 11.4 Å². The van der Waals surface area contributed by atoms with Crippen LogP contribution < -0.4 is 9.62 Å². The van der Waals surface area contributed by atoms with E-state index in [1.165, 1.54) is 22.0 Å². The summed E-state index contributed by atoms with van der Waals surface area (Å²) in [4.78, 5) is 6.78. The Morgan fingerprint density at radius 1 is 1.13 bits per heavy atom. The van der Waals surface area contributed by atoms with E-state index >= 15 is 0 Å². The zero-order chi connectivity index (χ0) is 21.9. The normalized spacial score (nSPS) is 16.1. The van der Waals surface area contributed by atoms with Crippen molar-refractivity contribution >= 4 is 32.4 Å². The van der Waals surface area contributed by atoms with E-state index in [-0.39, 0.29) is 5.03 Å². The molecule has 1 N–H and O–H groups in total. The maximum absolute atomic E-state index is 12.9. The fourth-order valence-corrected chi connectivity index (χ4v) is 5.31. The number of aromatic nitrogens is 4. The van der Waals surface area contributed by atoms with Crippen LogP contribution in [0.3, 0.4) is 0 Å². The first-order valence-corrected chi connectivity index (χ1v) is 11.6. The van der Waals surface area contributed by atoms with Crippen molar-refractivity contribution in [3.8, 4) is 11.1 Å². The molecule has 0 amide bonds. The van der Waals surface area contributed by atoms with Crippen molar-refractivity contribution in [1.29, 1.82) is 0 Å². The Kier molecular flexibility index (Phi) is 4.33. The van der Waals surface area contributed by atoms with Crippen molar-refractivity contribution < 1.29 is 8.42 Å². The quantitative estimate of drug-likeness (QED) is 0.531. The summed E-state index contributed by atoms with van der Waals surface area (Å²) in [6.45, 7) is 2.21. The number of aryl methyl sites for hydroxylation is 2. The highest BCUT2D eigenvalue weighted by atomic mass is 32.2. The third-order valence-corrected chi connectivity index (χ3v) is 7.28. The third kappa shape index (κ3) is 3.16. The van der Waals surface area contributed by atoms with Crippen LogP contribution in [0.1, 0.15) is 12.5 Å². The summed E-state index contributed by atoms with van der Waals surface area (Å²) in [5, 5.41) is 4.78. The van der Waals surface area contributed by atoms with Gasteiger partial charge >= 0.3 is 0 Å². The number of nitrogens with one attached hydrogen (secondary N) is 1. The number of rotatable bonds is 4. The van der Waals surface area contributed by atoms with Crippen molar-refractivity contribution in [3.05, 3.63) is 54.5 Å². The number of anilines is 2. The second-order valence-electron chi connectivity index (χ2n) is 8.15. The first kappa shape index (κ1) is 19.6. The van der Waals surface area contributed by atoms with E-state index in [0.29, 0.717) is 17.4 Å². The number of hydrogen-bond donors (Lipinski definition) is 1. The number of fused-ring (bicyclic) bond motifs is 2. The molecule has 0 fully saturated rings. The van der Waals surface area contributed by atoms with E-state index < -0.39 is 10.0 Å². The highest BCUT2D eigenvalue weighted by Gasteiger charge is 2.25. The predicted molar refractivity (Wildman–Crippen MR) is 122 cm³/mol. The topological polar surface area (TPSA) is 85.0 Å². The summed E-state index contributed by atoms with van der Waals surface area (Å²) in [7, 11) is 1.88. The van der Waals surface area contributed by atoms with E-state index in [0.717, 1.165) is 22.9 Å². The minimum absolute atomic E-state index is 0.0226. The monoisotopic (exact) mass is 436 g/mol. The molecule has 0 aliphatic carbocycles. The van der Waals surface area contributed by atoms with Gasteiger partial charge in [0.05, 0.1) is 11.1 Å². The molecule has 31 heavy (non-hydrogen) atoms. The molecular formula is C22H24N6O2S. The van der Waals surface area contributed by atoms with Crippen LogP contribution in [-0.2, 0) is 30.5 Å². The van der Waals surface area contributed by atoms with E-state index in [9.17, 15) is 8.42 Å². The lowest BCUT2D eigenvalue weighted by atomic mass is 10.0. The molecule has 4 heterocycles. The first-order valence-electron chi connectivity index (χ1n) is 10.1. The number of pyridine rings is 1. The van der Waals surface area contributed by atoms with Gasteiger partial charge in [-0.2, -0.15) is 13.5 Å². The molecule has 0 unspecified atom stereocenters. The van der Waals surface area contributed by atoms with Gasteiger partial charge < -0.3 is 9.47 Å². The summed E-state index contributed by atoms with van der Waals surface area (Å²) in [5.41, 5.74) is 5.68. The van der Waals surface area contributed by atoms with Crippen LogP contribution in [0.5, 0.6) is 0 Å². The average Bonchev–Trinajstić information content (AvgIpc) is 3.39. The SMILES string of the molecule is C[C@@H]1Cc2ccc(-c3cn(C)c4nccc(NS(=O)(=O)c5ccn(C)n5)c34)cc2N1C. The Morgan fingerprint density at radius 3 is 2.68 bits per heavy atom. The molecule has 1 aromatic carbocycles.